The van der Waals surface area contributed by atoms with Gasteiger partial charge in [-0.2, -0.15) is 0 Å². The Balaban J connectivity index is 0.000000148. The SMILES string of the molecule is CCCNc1ccc2c(=O)n(-c3ccc(NC(=O)NS(=O)(=O)c4ccc(Cl)s4)cc3F)cnc2c1.CN(C)CCNc1ccc2c(=O)n(-c3ccc(NC(=O)NS(=O)(=O)c4ccc(Cl)s4)cc3F)cnc2c1.O=C(Nc1ccc(-n2cnc3cc(NCC4CC4)ccc3c2=O)c(F)c1)NS(=O)(=O)c1ccc(Cl)s1.O=C(Nc1ccc(-n2cnc3cc(NCCN4CCCCC4)ccc3c2=O)c(F)c1)NS(=O)(=O)c1ccc(Cl)s1. The maximum atomic E-state index is 15.0. The van der Waals surface area contributed by atoms with Gasteiger partial charge in [-0.3, -0.25) is 37.4 Å². The topological polar surface area (TPSA) is 495 Å². The van der Waals surface area contributed by atoms with E-state index in [1.807, 2.05) is 44.8 Å². The number of sulfonamides is 4. The zero-order valence-corrected chi connectivity index (χ0v) is 87.1. The highest BCUT2D eigenvalue weighted by Gasteiger charge is 2.28. The number of nitrogens with zero attached hydrogens (tertiary/aromatic N) is 10. The lowest BCUT2D eigenvalue weighted by molar-refractivity contribution is 0.237. The fourth-order valence-corrected chi connectivity index (χ4v) is 24.2. The number of carbonyl (C=O) groups excluding carboxylic acids is 4. The van der Waals surface area contributed by atoms with Gasteiger partial charge in [0.2, 0.25) is 0 Å². The third-order valence-corrected chi connectivity index (χ3v) is 34.2. The maximum Gasteiger partial charge on any atom is 0.333 e. The van der Waals surface area contributed by atoms with Crippen LogP contribution in [0.25, 0.3) is 66.4 Å². The van der Waals surface area contributed by atoms with Gasteiger partial charge in [-0.05, 0) is 259 Å². The summed E-state index contributed by atoms with van der Waals surface area (Å²) in [5, 5.41) is 23.5. The molecule has 16 aromatic rings. The molecule has 772 valence electrons. The number of hydrogen-bond acceptors (Lipinski definition) is 30. The van der Waals surface area contributed by atoms with Crippen molar-refractivity contribution < 1.29 is 70.4 Å². The van der Waals surface area contributed by atoms with Gasteiger partial charge >= 0.3 is 24.1 Å². The van der Waals surface area contributed by atoms with Gasteiger partial charge in [-0.25, -0.2) is 109 Å². The largest absolute Gasteiger partial charge is 0.385 e. The van der Waals surface area contributed by atoms with Crippen LogP contribution in [0.15, 0.2) is 255 Å². The number of rotatable bonds is 30. The van der Waals surface area contributed by atoms with E-state index in [0.717, 1.165) is 163 Å². The van der Waals surface area contributed by atoms with Crippen molar-refractivity contribution in [2.75, 3.05) is 109 Å². The van der Waals surface area contributed by atoms with E-state index in [1.165, 1.54) is 154 Å². The van der Waals surface area contributed by atoms with Crippen LogP contribution in [0.2, 0.25) is 17.3 Å². The number of carbonyl (C=O) groups is 4. The van der Waals surface area contributed by atoms with Crippen molar-refractivity contribution in [3.63, 3.8) is 0 Å². The first kappa shape index (κ1) is 108. The number of nitrogens with one attached hydrogen (secondary N) is 12. The van der Waals surface area contributed by atoms with Crippen molar-refractivity contribution in [3.8, 4) is 22.7 Å². The fourth-order valence-electron chi connectivity index (χ4n) is 14.6. The molecule has 18 rings (SSSR count). The van der Waals surface area contributed by atoms with Gasteiger partial charge in [0, 0.05) is 84.8 Å². The zero-order valence-electron chi connectivity index (χ0n) is 77.6. The number of piperidine rings is 1. The lowest BCUT2D eigenvalue weighted by atomic mass is 10.1. The molecule has 0 radical (unpaired) electrons. The molecule has 0 bridgehead atoms. The summed E-state index contributed by atoms with van der Waals surface area (Å²) >= 11 is 26.1. The summed E-state index contributed by atoms with van der Waals surface area (Å²) in [7, 11) is -12.6. The Morgan fingerprint density at radius 2 is 0.628 bits per heavy atom. The molecule has 8 amide bonds. The zero-order chi connectivity index (χ0) is 106. The van der Waals surface area contributed by atoms with E-state index in [4.69, 9.17) is 46.4 Å². The molecule has 1 saturated heterocycles. The van der Waals surface area contributed by atoms with Crippen LogP contribution < -0.4 is 83.7 Å². The van der Waals surface area contributed by atoms with Crippen LogP contribution in [-0.2, 0) is 40.1 Å². The molecule has 2 aliphatic rings. The standard InChI is InChI=1S/C26H26ClFN6O4S2.C23H22ClFN6O4S2.C23H19ClFN5O4S2.C22H19ClFN5O4S2/c27-23-8-9-24(39-23)40(37,38)32-26(36)31-18-5-7-22(20(28)14-18)34-16-30-21-15-17(4-6-19(21)25(34)35)29-10-13-33-11-2-1-3-12-33;1-30(2)10-9-26-14-3-5-16-18(12-14)27-13-31(22(16)32)19-6-4-15(11-17(19)25)28-23(33)29-37(34,35)21-8-7-20(24)36-21;24-20-7-8-21(35-20)36(33,34)29-23(32)28-15-4-6-19(17(25)9-15)30-12-27-18-10-14(26-11-13-1-2-13)3-5-16(18)22(30)31;1-2-9-25-13-3-5-15-17(11-13)26-12-29(21(15)30)18-6-4-14(10-16(18)24)27-22(31)28-35(32,33)20-8-7-19(23)34-20/h4-9,14-16,29H,1-3,10-13H2,(H2,31,32,36);3-8,11-13,26H,9-10H2,1-2H3,(H2,28,29,33);3-10,12-13,26H,1-2,11H2,(H2,28,29,32);3-8,10-12,25H,2,9H2,1H3,(H2,27,28,31). The molecule has 12 N–H and O–H groups in total. The summed E-state index contributed by atoms with van der Waals surface area (Å²) in [5.41, 5.74) is 3.02. The van der Waals surface area contributed by atoms with Crippen molar-refractivity contribution in [1.29, 1.82) is 0 Å². The number of amides is 8. The number of likely N-dealkylation sites (N-methyl/N-ethyl adjacent to an activating group) is 1. The molecular formula is C94H86Cl4F4N22O16S8. The van der Waals surface area contributed by atoms with E-state index in [-0.39, 0.29) is 79.7 Å². The minimum Gasteiger partial charge on any atom is -0.385 e. The van der Waals surface area contributed by atoms with Crippen molar-refractivity contribution in [2.24, 2.45) is 5.92 Å². The minimum atomic E-state index is -4.14. The summed E-state index contributed by atoms with van der Waals surface area (Å²) < 4.78 is 170. The Bertz CT molecular complexity index is 8550. The van der Waals surface area contributed by atoms with Crippen LogP contribution in [0.1, 0.15) is 45.4 Å². The Hall–Kier alpha value is -14.0. The summed E-state index contributed by atoms with van der Waals surface area (Å²) in [6.45, 7) is 9.20. The Morgan fingerprint density at radius 1 is 0.358 bits per heavy atom. The van der Waals surface area contributed by atoms with Gasteiger partial charge in [0.1, 0.15) is 65.4 Å². The van der Waals surface area contributed by atoms with Crippen LogP contribution in [0.4, 0.5) is 82.2 Å². The normalized spacial score (nSPS) is 12.7. The molecule has 0 spiro atoms. The highest BCUT2D eigenvalue weighted by Crippen LogP contribution is 2.34. The fraction of sp³-hybridized carbons (Fsp3) is 0.191. The highest BCUT2D eigenvalue weighted by atomic mass is 35.5. The minimum absolute atomic E-state index is 0.0126. The van der Waals surface area contributed by atoms with Crippen LogP contribution in [-0.4, -0.2) is 172 Å². The van der Waals surface area contributed by atoms with Crippen LogP contribution >= 0.6 is 91.8 Å². The first-order valence-corrected chi connectivity index (χ1v) is 55.3. The summed E-state index contributed by atoms with van der Waals surface area (Å²) in [4.78, 5) is 123. The second kappa shape index (κ2) is 47.4. The molecule has 0 unspecified atom stereocenters. The number of anilines is 8. The monoisotopic (exact) mass is 2250 g/mol. The summed E-state index contributed by atoms with van der Waals surface area (Å²) in [5.74, 6) is -2.58. The predicted octanol–water partition coefficient (Wildman–Crippen LogP) is 17.5. The lowest BCUT2D eigenvalue weighted by Gasteiger charge is -2.26. The second-order valence-electron chi connectivity index (χ2n) is 33.1. The Kier molecular flexibility index (Phi) is 34.7. The van der Waals surface area contributed by atoms with Gasteiger partial charge in [-0.1, -0.05) is 59.7 Å². The summed E-state index contributed by atoms with van der Waals surface area (Å²) in [6.07, 6.45) is 12.1. The molecule has 38 nitrogen and oxygen atoms in total. The molecule has 148 heavy (non-hydrogen) atoms. The molecular weight excluding hydrogens is 2170 g/mol. The van der Waals surface area contributed by atoms with Gasteiger partial charge in [0.15, 0.2) is 0 Å². The van der Waals surface area contributed by atoms with Crippen LogP contribution in [0.5, 0.6) is 0 Å². The van der Waals surface area contributed by atoms with Crippen molar-refractivity contribution in [3.05, 3.63) is 301 Å². The van der Waals surface area contributed by atoms with E-state index in [2.05, 4.69) is 67.4 Å². The summed E-state index contributed by atoms with van der Waals surface area (Å²) in [6, 6.07) is 41.4. The third kappa shape index (κ3) is 27.7. The first-order chi connectivity index (χ1) is 70.6. The number of aromatic nitrogens is 8. The molecule has 2 fully saturated rings. The van der Waals surface area contributed by atoms with E-state index < -0.39 is 110 Å². The third-order valence-electron chi connectivity index (χ3n) is 22.0. The quantitative estimate of drug-likeness (QED) is 0.0186. The van der Waals surface area contributed by atoms with Crippen LogP contribution in [0.3, 0.4) is 0 Å². The molecule has 1 aliphatic heterocycles. The Morgan fingerprint density at radius 3 is 0.885 bits per heavy atom. The number of hydrogen-bond donors (Lipinski definition) is 12. The second-order valence-corrected chi connectivity index (χ2v) is 47.6. The van der Waals surface area contributed by atoms with E-state index in [0.29, 0.717) is 56.1 Å². The number of halogens is 8. The molecule has 9 heterocycles. The maximum absolute atomic E-state index is 15.0. The number of likely N-dealkylation sites (tertiary alicyclic amines) is 1. The first-order valence-electron chi connectivity index (χ1n) is 44.5. The van der Waals surface area contributed by atoms with Crippen LogP contribution in [0, 0.1) is 29.2 Å². The molecule has 8 aromatic carbocycles. The molecule has 0 atom stereocenters. The predicted molar refractivity (Wildman–Crippen MR) is 570 cm³/mol. The van der Waals surface area contributed by atoms with Gasteiger partial charge < -0.3 is 52.3 Å². The number of fused-ring (bicyclic) bond motifs is 4. The van der Waals surface area contributed by atoms with E-state index in [9.17, 15) is 85.2 Å². The van der Waals surface area contributed by atoms with E-state index in [1.54, 1.807) is 72.8 Å². The van der Waals surface area contributed by atoms with Crippen molar-refractivity contribution in [2.45, 2.75) is 62.3 Å². The lowest BCUT2D eigenvalue weighted by Crippen LogP contribution is -2.34. The highest BCUT2D eigenvalue weighted by molar-refractivity contribution is 7.93. The number of benzene rings is 8. The van der Waals surface area contributed by atoms with Gasteiger partial charge in [-0.15, -0.1) is 45.3 Å². The average Bonchev–Trinajstić information content (AvgIpc) is 1.17. The smallest absolute Gasteiger partial charge is 0.333 e. The van der Waals surface area contributed by atoms with E-state index >= 15 is 4.39 Å². The van der Waals surface area contributed by atoms with Gasteiger partial charge in [0.05, 0.1) is 83.7 Å². The molecule has 1 aliphatic carbocycles. The average molecular weight is 2250 g/mol. The van der Waals surface area contributed by atoms with Crippen molar-refractivity contribution in [1.82, 2.24) is 66.9 Å². The molecule has 54 heteroatoms. The van der Waals surface area contributed by atoms with Crippen molar-refractivity contribution >= 4 is 245 Å². The van der Waals surface area contributed by atoms with Gasteiger partial charge in [0.25, 0.3) is 62.3 Å². The molecule has 8 aromatic heterocycles. The molecule has 1 saturated carbocycles. The number of urea groups is 4. The number of thiophene rings is 4. The Labute approximate surface area is 876 Å².